The summed E-state index contributed by atoms with van der Waals surface area (Å²) in [4.78, 5) is 17.2. The van der Waals surface area contributed by atoms with E-state index in [-0.39, 0.29) is 21.9 Å². The number of hydrogen-bond acceptors (Lipinski definition) is 5. The fraction of sp³-hybridized carbons (Fsp3) is 0.217. The summed E-state index contributed by atoms with van der Waals surface area (Å²) in [6.07, 6.45) is 1.45. The van der Waals surface area contributed by atoms with Gasteiger partial charge in [-0.1, -0.05) is 11.6 Å². The molecule has 0 atom stereocenters. The molecule has 3 rings (SSSR count). The monoisotopic (exact) mass is 458 g/mol. The molecule has 1 N–H and O–H groups in total. The van der Waals surface area contributed by atoms with Gasteiger partial charge in [0.05, 0.1) is 10.6 Å². The highest BCUT2D eigenvalue weighted by Gasteiger charge is 2.21. The quantitative estimate of drug-likeness (QED) is 0.509. The lowest BCUT2D eigenvalue weighted by Crippen LogP contribution is -2.23. The van der Waals surface area contributed by atoms with Crippen LogP contribution in [0.5, 0.6) is 5.75 Å². The summed E-state index contributed by atoms with van der Waals surface area (Å²) in [6, 6.07) is 13.8. The molecule has 2 aromatic carbocycles. The van der Waals surface area contributed by atoms with Gasteiger partial charge in [-0.2, -0.15) is 0 Å². The van der Waals surface area contributed by atoms with Crippen LogP contribution in [0.1, 0.15) is 42.4 Å². The lowest BCUT2D eigenvalue weighted by molar-refractivity contribution is 0.103. The van der Waals surface area contributed by atoms with E-state index in [9.17, 15) is 13.2 Å². The number of carbonyl (C=O) groups is 1. The van der Waals surface area contributed by atoms with Gasteiger partial charge in [-0.05, 0) is 82.3 Å². The maximum atomic E-state index is 13.0. The highest BCUT2D eigenvalue weighted by Crippen LogP contribution is 2.27. The van der Waals surface area contributed by atoms with Crippen LogP contribution in [-0.2, 0) is 10.0 Å². The zero-order chi connectivity index (χ0) is 22.8. The Morgan fingerprint density at radius 3 is 2.29 bits per heavy atom. The summed E-state index contributed by atoms with van der Waals surface area (Å²) < 4.78 is 34.1. The molecule has 0 saturated heterocycles. The topological polar surface area (TPSA) is 85.4 Å². The molecule has 0 aliphatic rings. The molecule has 0 bridgehead atoms. The van der Waals surface area contributed by atoms with Crippen LogP contribution < -0.4 is 9.46 Å². The smallest absolute Gasteiger partial charge is 0.261 e. The standard InChI is InChI=1S/C23H23ClN2O4S/c1-15-5-6-16(14-25-15)22(27)20-13-17(24)7-12-21(20)26-31(28,29)19-10-8-18(9-11-19)30-23(2,3)4/h5-14,26H,1-4H3. The van der Waals surface area contributed by atoms with Crippen LogP contribution in [-0.4, -0.2) is 24.8 Å². The molecule has 0 fully saturated rings. The molecule has 0 spiro atoms. The third-order valence-electron chi connectivity index (χ3n) is 4.20. The zero-order valence-corrected chi connectivity index (χ0v) is 19.2. The van der Waals surface area contributed by atoms with E-state index in [1.807, 2.05) is 27.7 Å². The first-order valence-electron chi connectivity index (χ1n) is 9.53. The predicted octanol–water partition coefficient (Wildman–Crippen LogP) is 5.25. The number of sulfonamides is 1. The van der Waals surface area contributed by atoms with E-state index in [4.69, 9.17) is 16.3 Å². The first-order valence-corrected chi connectivity index (χ1v) is 11.4. The van der Waals surface area contributed by atoms with Crippen LogP contribution in [0, 0.1) is 6.92 Å². The molecule has 3 aromatic rings. The van der Waals surface area contributed by atoms with E-state index < -0.39 is 15.6 Å². The summed E-state index contributed by atoms with van der Waals surface area (Å²) in [7, 11) is -3.95. The van der Waals surface area contributed by atoms with Crippen LogP contribution in [0.15, 0.2) is 65.7 Å². The van der Waals surface area contributed by atoms with Crippen molar-refractivity contribution in [3.63, 3.8) is 0 Å². The zero-order valence-electron chi connectivity index (χ0n) is 17.6. The third kappa shape index (κ3) is 5.83. The second-order valence-electron chi connectivity index (χ2n) is 8.00. The number of halogens is 1. The maximum Gasteiger partial charge on any atom is 0.261 e. The van der Waals surface area contributed by atoms with Gasteiger partial charge in [-0.3, -0.25) is 14.5 Å². The van der Waals surface area contributed by atoms with E-state index in [1.54, 1.807) is 24.3 Å². The number of hydrogen-bond donors (Lipinski definition) is 1. The summed E-state index contributed by atoms with van der Waals surface area (Å²) in [5, 5.41) is 0.315. The van der Waals surface area contributed by atoms with Gasteiger partial charge in [0.25, 0.3) is 10.0 Å². The van der Waals surface area contributed by atoms with E-state index in [1.165, 1.54) is 36.5 Å². The van der Waals surface area contributed by atoms with E-state index in [2.05, 4.69) is 9.71 Å². The molecule has 0 saturated carbocycles. The van der Waals surface area contributed by atoms with Gasteiger partial charge in [0.1, 0.15) is 11.4 Å². The predicted molar refractivity (Wildman–Crippen MR) is 121 cm³/mol. The number of ketones is 1. The first-order chi connectivity index (χ1) is 14.4. The number of rotatable bonds is 6. The number of anilines is 1. The highest BCUT2D eigenvalue weighted by atomic mass is 35.5. The van der Waals surface area contributed by atoms with Gasteiger partial charge in [-0.25, -0.2) is 8.42 Å². The van der Waals surface area contributed by atoms with Crippen LogP contribution in [0.2, 0.25) is 5.02 Å². The largest absolute Gasteiger partial charge is 0.488 e. The number of nitrogens with one attached hydrogen (secondary N) is 1. The molecule has 8 heteroatoms. The van der Waals surface area contributed by atoms with E-state index >= 15 is 0 Å². The molecular formula is C23H23ClN2O4S. The molecule has 0 aliphatic heterocycles. The second-order valence-corrected chi connectivity index (χ2v) is 10.1. The molecule has 0 radical (unpaired) electrons. The Bertz CT molecular complexity index is 1200. The van der Waals surface area contributed by atoms with Crippen molar-refractivity contribution in [3.8, 4) is 5.75 Å². The molecule has 0 aliphatic carbocycles. The third-order valence-corrected chi connectivity index (χ3v) is 5.82. The molecule has 0 unspecified atom stereocenters. The van der Waals surface area contributed by atoms with Gasteiger partial charge in [0, 0.05) is 28.0 Å². The van der Waals surface area contributed by atoms with Crippen molar-refractivity contribution >= 4 is 33.1 Å². The number of carbonyl (C=O) groups excluding carboxylic acids is 1. The summed E-state index contributed by atoms with van der Waals surface area (Å²) in [5.41, 5.74) is 0.959. The Kier molecular flexibility index (Phi) is 6.38. The Balaban J connectivity index is 1.91. The van der Waals surface area contributed by atoms with E-state index in [0.717, 1.165) is 5.69 Å². The second kappa shape index (κ2) is 8.69. The average molecular weight is 459 g/mol. The van der Waals surface area contributed by atoms with Gasteiger partial charge in [0.2, 0.25) is 0 Å². The summed E-state index contributed by atoms with van der Waals surface area (Å²) in [6.45, 7) is 7.52. The number of ether oxygens (including phenoxy) is 1. The van der Waals surface area contributed by atoms with Crippen molar-refractivity contribution in [1.82, 2.24) is 4.98 Å². The van der Waals surface area contributed by atoms with Gasteiger partial charge < -0.3 is 4.74 Å². The minimum absolute atomic E-state index is 0.0408. The Hall–Kier alpha value is -2.90. The van der Waals surface area contributed by atoms with Crippen molar-refractivity contribution in [2.75, 3.05) is 4.72 Å². The lowest BCUT2D eigenvalue weighted by Gasteiger charge is -2.21. The molecular weight excluding hydrogens is 436 g/mol. The van der Waals surface area contributed by atoms with Crippen molar-refractivity contribution in [3.05, 3.63) is 82.6 Å². The fourth-order valence-electron chi connectivity index (χ4n) is 2.80. The van der Waals surface area contributed by atoms with Crippen LogP contribution in [0.4, 0.5) is 5.69 Å². The number of aromatic nitrogens is 1. The molecule has 6 nitrogen and oxygen atoms in total. The lowest BCUT2D eigenvalue weighted by atomic mass is 10.0. The first kappa shape index (κ1) is 22.8. The molecule has 1 aromatic heterocycles. The molecule has 162 valence electrons. The Morgan fingerprint density at radius 1 is 1.03 bits per heavy atom. The van der Waals surface area contributed by atoms with Crippen LogP contribution >= 0.6 is 11.6 Å². The van der Waals surface area contributed by atoms with Crippen LogP contribution in [0.25, 0.3) is 0 Å². The molecule has 31 heavy (non-hydrogen) atoms. The van der Waals surface area contributed by atoms with Crippen LogP contribution in [0.3, 0.4) is 0 Å². The minimum Gasteiger partial charge on any atom is -0.488 e. The summed E-state index contributed by atoms with van der Waals surface area (Å²) >= 11 is 6.07. The molecule has 1 heterocycles. The highest BCUT2D eigenvalue weighted by molar-refractivity contribution is 7.92. The Labute approximate surface area is 187 Å². The Morgan fingerprint density at radius 2 is 1.71 bits per heavy atom. The molecule has 0 amide bonds. The van der Waals surface area contributed by atoms with Crippen molar-refractivity contribution in [1.29, 1.82) is 0 Å². The van der Waals surface area contributed by atoms with Gasteiger partial charge >= 0.3 is 0 Å². The fourth-order valence-corrected chi connectivity index (χ4v) is 4.05. The van der Waals surface area contributed by atoms with Gasteiger partial charge in [0.15, 0.2) is 5.78 Å². The summed E-state index contributed by atoms with van der Waals surface area (Å²) in [5.74, 6) is 0.169. The van der Waals surface area contributed by atoms with Gasteiger partial charge in [-0.15, -0.1) is 0 Å². The number of nitrogens with zero attached hydrogens (tertiary/aromatic N) is 1. The number of pyridine rings is 1. The number of benzene rings is 2. The number of aryl methyl sites for hydroxylation is 1. The maximum absolute atomic E-state index is 13.0. The average Bonchev–Trinajstić information content (AvgIpc) is 2.68. The van der Waals surface area contributed by atoms with Crippen molar-refractivity contribution in [2.24, 2.45) is 0 Å². The SMILES string of the molecule is Cc1ccc(C(=O)c2cc(Cl)ccc2NS(=O)(=O)c2ccc(OC(C)(C)C)cc2)cn1. The van der Waals surface area contributed by atoms with Crippen molar-refractivity contribution < 1.29 is 17.9 Å². The van der Waals surface area contributed by atoms with Crippen molar-refractivity contribution in [2.45, 2.75) is 38.2 Å². The minimum atomic E-state index is -3.95. The normalized spacial score (nSPS) is 11.8. The van der Waals surface area contributed by atoms with E-state index in [0.29, 0.717) is 16.3 Å².